The van der Waals surface area contributed by atoms with Crippen molar-refractivity contribution in [2.24, 2.45) is 0 Å². The summed E-state index contributed by atoms with van der Waals surface area (Å²) >= 11 is 0. The standard InChI is InChI=1S/C12H21O/c1-4-7-8-11-12(13,9-5-2)10-6-3/h13H,1,4-7,9-10H2,2-3H3. The maximum Gasteiger partial charge on any atom is 0.125 e. The van der Waals surface area contributed by atoms with Crippen LogP contribution in [0.15, 0.2) is 0 Å². The molecule has 0 aromatic carbocycles. The van der Waals surface area contributed by atoms with Crippen molar-refractivity contribution in [1.29, 1.82) is 0 Å². The Morgan fingerprint density at radius 1 is 1.23 bits per heavy atom. The van der Waals surface area contributed by atoms with Crippen molar-refractivity contribution in [2.45, 2.75) is 58.0 Å². The van der Waals surface area contributed by atoms with Crippen LogP contribution in [0, 0.1) is 18.8 Å². The first-order valence-corrected chi connectivity index (χ1v) is 5.20. The van der Waals surface area contributed by atoms with Gasteiger partial charge in [-0.1, -0.05) is 39.5 Å². The van der Waals surface area contributed by atoms with Gasteiger partial charge >= 0.3 is 0 Å². The van der Waals surface area contributed by atoms with E-state index in [4.69, 9.17) is 0 Å². The molecule has 0 unspecified atom stereocenters. The summed E-state index contributed by atoms with van der Waals surface area (Å²) in [7, 11) is 0. The van der Waals surface area contributed by atoms with Crippen molar-refractivity contribution < 1.29 is 5.11 Å². The first-order valence-electron chi connectivity index (χ1n) is 5.20. The third-order valence-corrected chi connectivity index (χ3v) is 1.95. The minimum atomic E-state index is -0.737. The molecule has 1 N–H and O–H groups in total. The molecule has 1 heteroatoms. The molecule has 0 aliphatic rings. The number of hydrogen-bond acceptors (Lipinski definition) is 1. The number of rotatable bonds is 5. The van der Waals surface area contributed by atoms with E-state index in [-0.39, 0.29) is 0 Å². The molecule has 0 bridgehead atoms. The summed E-state index contributed by atoms with van der Waals surface area (Å²) in [5, 5.41) is 10.0. The Bertz CT molecular complexity index is 167. The van der Waals surface area contributed by atoms with Gasteiger partial charge in [-0.15, -0.1) is 5.92 Å². The van der Waals surface area contributed by atoms with Crippen molar-refractivity contribution in [1.82, 2.24) is 0 Å². The lowest BCUT2D eigenvalue weighted by Gasteiger charge is -2.20. The first kappa shape index (κ1) is 12.5. The average molecular weight is 181 g/mol. The highest BCUT2D eigenvalue weighted by Crippen LogP contribution is 2.18. The van der Waals surface area contributed by atoms with E-state index in [1.807, 2.05) is 0 Å². The van der Waals surface area contributed by atoms with Crippen LogP contribution in [0.3, 0.4) is 0 Å². The summed E-state index contributed by atoms with van der Waals surface area (Å²) in [5.74, 6) is 5.95. The molecular formula is C12H21O. The highest BCUT2D eigenvalue weighted by atomic mass is 16.3. The van der Waals surface area contributed by atoms with Gasteiger partial charge in [0.05, 0.1) is 0 Å². The van der Waals surface area contributed by atoms with Gasteiger partial charge in [0, 0.05) is 6.42 Å². The predicted molar refractivity (Wildman–Crippen MR) is 57.1 cm³/mol. The Morgan fingerprint density at radius 2 is 1.77 bits per heavy atom. The van der Waals surface area contributed by atoms with Gasteiger partial charge in [0.15, 0.2) is 0 Å². The van der Waals surface area contributed by atoms with Gasteiger partial charge in [0.2, 0.25) is 0 Å². The van der Waals surface area contributed by atoms with Gasteiger partial charge in [0.25, 0.3) is 0 Å². The Kier molecular flexibility index (Phi) is 6.72. The first-order chi connectivity index (χ1) is 6.18. The zero-order valence-corrected chi connectivity index (χ0v) is 8.90. The number of hydrogen-bond donors (Lipinski definition) is 1. The molecule has 0 rings (SSSR count). The summed E-state index contributed by atoms with van der Waals surface area (Å²) in [6, 6.07) is 0. The van der Waals surface area contributed by atoms with E-state index in [1.54, 1.807) is 0 Å². The maximum atomic E-state index is 10.0. The van der Waals surface area contributed by atoms with E-state index in [0.717, 1.165) is 38.5 Å². The van der Waals surface area contributed by atoms with Crippen LogP contribution in [-0.4, -0.2) is 10.7 Å². The van der Waals surface area contributed by atoms with E-state index in [2.05, 4.69) is 32.6 Å². The van der Waals surface area contributed by atoms with Crippen LogP contribution in [0.5, 0.6) is 0 Å². The van der Waals surface area contributed by atoms with Crippen LogP contribution in [0.4, 0.5) is 0 Å². The molecule has 1 nitrogen and oxygen atoms in total. The fourth-order valence-electron chi connectivity index (χ4n) is 1.39. The molecule has 0 fully saturated rings. The lowest BCUT2D eigenvalue weighted by atomic mass is 9.93. The smallest absolute Gasteiger partial charge is 0.125 e. The van der Waals surface area contributed by atoms with Crippen molar-refractivity contribution in [3.63, 3.8) is 0 Å². The highest BCUT2D eigenvalue weighted by Gasteiger charge is 2.20. The molecule has 13 heavy (non-hydrogen) atoms. The van der Waals surface area contributed by atoms with E-state index in [1.165, 1.54) is 0 Å². The molecule has 0 heterocycles. The minimum absolute atomic E-state index is 0.737. The van der Waals surface area contributed by atoms with E-state index >= 15 is 0 Å². The van der Waals surface area contributed by atoms with Crippen molar-refractivity contribution >= 4 is 0 Å². The molecule has 0 spiro atoms. The third-order valence-electron chi connectivity index (χ3n) is 1.95. The molecule has 1 radical (unpaired) electrons. The number of unbranched alkanes of at least 4 members (excludes halogenated alkanes) is 1. The van der Waals surface area contributed by atoms with Crippen LogP contribution in [0.1, 0.15) is 52.4 Å². The Balaban J connectivity index is 4.15. The maximum absolute atomic E-state index is 10.0. The van der Waals surface area contributed by atoms with Crippen LogP contribution >= 0.6 is 0 Å². The molecule has 0 aromatic rings. The Labute approximate surface area is 82.5 Å². The van der Waals surface area contributed by atoms with E-state index < -0.39 is 5.60 Å². The van der Waals surface area contributed by atoms with Crippen LogP contribution in [-0.2, 0) is 0 Å². The Morgan fingerprint density at radius 3 is 2.15 bits per heavy atom. The third kappa shape index (κ3) is 5.71. The topological polar surface area (TPSA) is 20.2 Å². The molecule has 0 atom stereocenters. The highest BCUT2D eigenvalue weighted by molar-refractivity contribution is 5.13. The fourth-order valence-corrected chi connectivity index (χ4v) is 1.39. The summed E-state index contributed by atoms with van der Waals surface area (Å²) < 4.78 is 0. The van der Waals surface area contributed by atoms with E-state index in [9.17, 15) is 5.11 Å². The summed E-state index contributed by atoms with van der Waals surface area (Å²) in [6.45, 7) is 7.86. The van der Waals surface area contributed by atoms with Crippen LogP contribution < -0.4 is 0 Å². The molecule has 0 aliphatic carbocycles. The largest absolute Gasteiger partial charge is 0.378 e. The second-order valence-electron chi connectivity index (χ2n) is 3.44. The van der Waals surface area contributed by atoms with Gasteiger partial charge in [-0.05, 0) is 19.3 Å². The molecule has 0 aliphatic heterocycles. The van der Waals surface area contributed by atoms with Crippen LogP contribution in [0.2, 0.25) is 0 Å². The van der Waals surface area contributed by atoms with E-state index in [0.29, 0.717) is 0 Å². The fraction of sp³-hybridized carbons (Fsp3) is 0.750. The lowest BCUT2D eigenvalue weighted by molar-refractivity contribution is 0.0806. The SMILES string of the molecule is [CH2]CCC#CC(O)(CCC)CCC. The normalized spacial score (nSPS) is 10.8. The summed E-state index contributed by atoms with van der Waals surface area (Å²) in [4.78, 5) is 0. The minimum Gasteiger partial charge on any atom is -0.378 e. The van der Waals surface area contributed by atoms with Crippen LogP contribution in [0.25, 0.3) is 0 Å². The Hall–Kier alpha value is -0.480. The molecule has 0 saturated carbocycles. The zero-order valence-electron chi connectivity index (χ0n) is 8.90. The lowest BCUT2D eigenvalue weighted by Crippen LogP contribution is -2.25. The van der Waals surface area contributed by atoms with Crippen molar-refractivity contribution in [3.8, 4) is 11.8 Å². The molecule has 75 valence electrons. The number of aliphatic hydroxyl groups is 1. The zero-order chi connectivity index (χ0) is 10.2. The molecule has 0 aromatic heterocycles. The monoisotopic (exact) mass is 181 g/mol. The molecule has 0 saturated heterocycles. The van der Waals surface area contributed by atoms with Crippen molar-refractivity contribution in [3.05, 3.63) is 6.92 Å². The molecule has 0 amide bonds. The van der Waals surface area contributed by atoms with Gasteiger partial charge in [-0.2, -0.15) is 0 Å². The van der Waals surface area contributed by atoms with Crippen molar-refractivity contribution in [2.75, 3.05) is 0 Å². The average Bonchev–Trinajstić information content (AvgIpc) is 2.05. The van der Waals surface area contributed by atoms with Gasteiger partial charge in [0.1, 0.15) is 5.60 Å². The summed E-state index contributed by atoms with van der Waals surface area (Å²) in [5.41, 5.74) is -0.737. The van der Waals surface area contributed by atoms with Gasteiger partial charge in [-0.25, -0.2) is 0 Å². The van der Waals surface area contributed by atoms with Gasteiger partial charge < -0.3 is 5.11 Å². The molecular weight excluding hydrogens is 160 g/mol. The second kappa shape index (κ2) is 6.97. The second-order valence-corrected chi connectivity index (χ2v) is 3.44. The predicted octanol–water partition coefficient (Wildman–Crippen LogP) is 2.94. The van der Waals surface area contributed by atoms with Gasteiger partial charge in [-0.3, -0.25) is 0 Å². The summed E-state index contributed by atoms with van der Waals surface area (Å²) in [6.07, 6.45) is 5.14. The quantitative estimate of drug-likeness (QED) is 0.646.